The summed E-state index contributed by atoms with van der Waals surface area (Å²) in [6.45, 7) is 4.14. The Balaban J connectivity index is 1.89. The minimum absolute atomic E-state index is 0.0548. The van der Waals surface area contributed by atoms with Crippen LogP contribution in [0.5, 0.6) is 0 Å². The van der Waals surface area contributed by atoms with E-state index in [-0.39, 0.29) is 19.0 Å². The van der Waals surface area contributed by atoms with E-state index in [0.29, 0.717) is 29.6 Å². The third-order valence-corrected chi connectivity index (χ3v) is 5.89. The molecule has 1 saturated heterocycles. The van der Waals surface area contributed by atoms with Crippen LogP contribution in [-0.2, 0) is 22.9 Å². The lowest BCUT2D eigenvalue weighted by atomic mass is 9.98. The maximum absolute atomic E-state index is 12.6. The van der Waals surface area contributed by atoms with Crippen molar-refractivity contribution in [1.82, 2.24) is 19.5 Å². The molecule has 1 N–H and O–H groups in total. The molecule has 0 unspecified atom stereocenters. The Morgan fingerprint density at radius 2 is 1.72 bits per heavy atom. The highest BCUT2D eigenvalue weighted by Gasteiger charge is 2.50. The summed E-state index contributed by atoms with van der Waals surface area (Å²) in [6, 6.07) is 0. The average molecular weight is 381 g/mol. The van der Waals surface area contributed by atoms with E-state index in [0.717, 1.165) is 24.2 Å². The second kappa shape index (κ2) is 7.81. The Morgan fingerprint density at radius 1 is 1.12 bits per heavy atom. The standard InChI is InChI=1S/C14H22F3N5O2S/c1-3-11-12(4-2)20-21-13(19-11)18-9-10-5-7-22(8-6-10)25(23,24)14(15,16)17/h10H,3-9H2,1-2H3,(H,18,19,21). The summed E-state index contributed by atoms with van der Waals surface area (Å²) in [6.07, 6.45) is 2.18. The van der Waals surface area contributed by atoms with E-state index in [1.807, 2.05) is 13.8 Å². The smallest absolute Gasteiger partial charge is 0.353 e. The van der Waals surface area contributed by atoms with Crippen molar-refractivity contribution in [3.8, 4) is 0 Å². The molecular weight excluding hydrogens is 359 g/mol. The monoisotopic (exact) mass is 381 g/mol. The van der Waals surface area contributed by atoms with Gasteiger partial charge in [-0.15, -0.1) is 5.10 Å². The lowest BCUT2D eigenvalue weighted by Gasteiger charge is -2.31. The Hall–Kier alpha value is -1.49. The van der Waals surface area contributed by atoms with Crippen molar-refractivity contribution in [1.29, 1.82) is 0 Å². The molecule has 1 aromatic heterocycles. The van der Waals surface area contributed by atoms with Crippen LogP contribution in [0.15, 0.2) is 0 Å². The predicted molar refractivity (Wildman–Crippen MR) is 86.3 cm³/mol. The van der Waals surface area contributed by atoms with Crippen LogP contribution < -0.4 is 5.32 Å². The molecule has 1 aromatic rings. The van der Waals surface area contributed by atoms with Gasteiger partial charge >= 0.3 is 15.5 Å². The van der Waals surface area contributed by atoms with E-state index < -0.39 is 15.5 Å². The average Bonchev–Trinajstić information content (AvgIpc) is 2.59. The summed E-state index contributed by atoms with van der Waals surface area (Å²) < 4.78 is 60.9. The number of nitrogens with zero attached hydrogens (tertiary/aromatic N) is 4. The molecule has 1 aliphatic rings. The van der Waals surface area contributed by atoms with Gasteiger partial charge in [-0.25, -0.2) is 13.4 Å². The number of halogens is 3. The molecular formula is C14H22F3N5O2S. The van der Waals surface area contributed by atoms with Gasteiger partial charge in [0.25, 0.3) is 0 Å². The van der Waals surface area contributed by atoms with Crippen LogP contribution in [0, 0.1) is 5.92 Å². The van der Waals surface area contributed by atoms with Gasteiger partial charge in [0.05, 0.1) is 11.4 Å². The van der Waals surface area contributed by atoms with E-state index in [4.69, 9.17) is 0 Å². The van der Waals surface area contributed by atoms with Crippen LogP contribution in [0.2, 0.25) is 0 Å². The van der Waals surface area contributed by atoms with Crippen molar-refractivity contribution in [3.63, 3.8) is 0 Å². The molecule has 0 spiro atoms. The third kappa shape index (κ3) is 4.57. The second-order valence-electron chi connectivity index (χ2n) is 5.91. The van der Waals surface area contributed by atoms with Gasteiger partial charge in [0, 0.05) is 19.6 Å². The molecule has 1 aliphatic heterocycles. The summed E-state index contributed by atoms with van der Waals surface area (Å²) in [5.74, 6) is 0.443. The highest BCUT2D eigenvalue weighted by molar-refractivity contribution is 7.90. The van der Waals surface area contributed by atoms with Gasteiger partial charge in [-0.1, -0.05) is 13.8 Å². The van der Waals surface area contributed by atoms with E-state index in [1.54, 1.807) is 0 Å². The van der Waals surface area contributed by atoms with Crippen molar-refractivity contribution < 1.29 is 21.6 Å². The van der Waals surface area contributed by atoms with Crippen molar-refractivity contribution in [2.24, 2.45) is 5.92 Å². The maximum Gasteiger partial charge on any atom is 0.511 e. The largest absolute Gasteiger partial charge is 0.511 e. The quantitative estimate of drug-likeness (QED) is 0.811. The van der Waals surface area contributed by atoms with Crippen molar-refractivity contribution in [2.75, 3.05) is 25.0 Å². The van der Waals surface area contributed by atoms with E-state index in [2.05, 4.69) is 20.5 Å². The van der Waals surface area contributed by atoms with Gasteiger partial charge < -0.3 is 5.32 Å². The maximum atomic E-state index is 12.6. The van der Waals surface area contributed by atoms with Gasteiger partial charge in [-0.2, -0.15) is 22.6 Å². The van der Waals surface area contributed by atoms with E-state index in [9.17, 15) is 21.6 Å². The minimum Gasteiger partial charge on any atom is -0.353 e. The van der Waals surface area contributed by atoms with Crippen molar-refractivity contribution >= 4 is 16.0 Å². The first-order valence-corrected chi connectivity index (χ1v) is 9.65. The number of nitrogens with one attached hydrogen (secondary N) is 1. The molecule has 0 radical (unpaired) electrons. The third-order valence-electron chi connectivity index (χ3n) is 4.26. The number of hydrogen-bond donors (Lipinski definition) is 1. The molecule has 2 rings (SSSR count). The van der Waals surface area contributed by atoms with Crippen molar-refractivity contribution in [3.05, 3.63) is 11.4 Å². The summed E-state index contributed by atoms with van der Waals surface area (Å²) in [4.78, 5) is 4.39. The molecule has 142 valence electrons. The van der Waals surface area contributed by atoms with Crippen LogP contribution in [0.4, 0.5) is 19.1 Å². The zero-order valence-corrected chi connectivity index (χ0v) is 15.0. The topological polar surface area (TPSA) is 88.1 Å². The number of aryl methyl sites for hydroxylation is 2. The highest BCUT2D eigenvalue weighted by Crippen LogP contribution is 2.30. The number of anilines is 1. The molecule has 0 saturated carbocycles. The number of aromatic nitrogens is 3. The Kier molecular flexibility index (Phi) is 6.20. The molecule has 0 atom stereocenters. The lowest BCUT2D eigenvalue weighted by molar-refractivity contribution is -0.0496. The van der Waals surface area contributed by atoms with Crippen LogP contribution in [0.25, 0.3) is 0 Å². The van der Waals surface area contributed by atoms with E-state index >= 15 is 0 Å². The minimum atomic E-state index is -5.24. The first-order chi connectivity index (χ1) is 11.7. The number of sulfonamides is 1. The number of piperidine rings is 1. The zero-order chi connectivity index (χ0) is 18.7. The Bertz CT molecular complexity index is 688. The first-order valence-electron chi connectivity index (χ1n) is 8.21. The zero-order valence-electron chi connectivity index (χ0n) is 14.2. The first kappa shape index (κ1) is 19.8. The van der Waals surface area contributed by atoms with Crippen LogP contribution in [0.1, 0.15) is 38.1 Å². The van der Waals surface area contributed by atoms with Crippen molar-refractivity contribution in [2.45, 2.75) is 45.0 Å². The summed E-state index contributed by atoms with van der Waals surface area (Å²) in [7, 11) is -5.23. The van der Waals surface area contributed by atoms with Gasteiger partial charge in [-0.05, 0) is 31.6 Å². The molecule has 11 heteroatoms. The fourth-order valence-electron chi connectivity index (χ4n) is 2.75. The van der Waals surface area contributed by atoms with Gasteiger partial charge in [0.15, 0.2) is 0 Å². The second-order valence-corrected chi connectivity index (χ2v) is 7.84. The molecule has 0 aliphatic carbocycles. The van der Waals surface area contributed by atoms with Gasteiger partial charge in [0.2, 0.25) is 5.95 Å². The highest BCUT2D eigenvalue weighted by atomic mass is 32.2. The fraction of sp³-hybridized carbons (Fsp3) is 0.786. The Morgan fingerprint density at radius 3 is 2.24 bits per heavy atom. The van der Waals surface area contributed by atoms with Crippen LogP contribution in [0.3, 0.4) is 0 Å². The summed E-state index contributed by atoms with van der Waals surface area (Å²) in [5, 5.41) is 11.2. The molecule has 7 nitrogen and oxygen atoms in total. The Labute approximate surface area is 145 Å². The van der Waals surface area contributed by atoms with Crippen LogP contribution >= 0.6 is 0 Å². The van der Waals surface area contributed by atoms with E-state index in [1.165, 1.54) is 0 Å². The summed E-state index contributed by atoms with van der Waals surface area (Å²) >= 11 is 0. The fourth-order valence-corrected chi connectivity index (χ4v) is 3.73. The molecule has 1 fully saturated rings. The predicted octanol–water partition coefficient (Wildman–Crippen LogP) is 1.97. The number of rotatable bonds is 6. The van der Waals surface area contributed by atoms with Gasteiger partial charge in [0.1, 0.15) is 0 Å². The number of hydrogen-bond acceptors (Lipinski definition) is 6. The molecule has 0 aromatic carbocycles. The molecule has 0 bridgehead atoms. The SMILES string of the molecule is CCc1nnc(NCC2CCN(S(=O)(=O)C(F)(F)F)CC2)nc1CC. The summed E-state index contributed by atoms with van der Waals surface area (Å²) in [5.41, 5.74) is -3.53. The molecule has 25 heavy (non-hydrogen) atoms. The number of alkyl halides is 3. The lowest BCUT2D eigenvalue weighted by Crippen LogP contribution is -2.45. The molecule has 2 heterocycles. The van der Waals surface area contributed by atoms with Crippen LogP contribution in [-0.4, -0.2) is 53.0 Å². The van der Waals surface area contributed by atoms with Gasteiger partial charge in [-0.3, -0.25) is 0 Å². The molecule has 0 amide bonds. The normalized spacial score (nSPS) is 17.6.